The number of fused-ring (bicyclic) bond motifs is 1. The summed E-state index contributed by atoms with van der Waals surface area (Å²) in [5.41, 5.74) is 3.33. The van der Waals surface area contributed by atoms with Crippen molar-refractivity contribution >= 4 is 16.7 Å². The number of carbonyl (C=O) groups is 1. The fourth-order valence-corrected chi connectivity index (χ4v) is 6.64. The lowest BCUT2D eigenvalue weighted by molar-refractivity contribution is 0.0782. The number of hydrogen-bond acceptors (Lipinski definition) is 3. The number of nitrogens with zero attached hydrogens (tertiary/aromatic N) is 2. The first kappa shape index (κ1) is 26.7. The Morgan fingerprint density at radius 3 is 2.30 bits per heavy atom. The van der Waals surface area contributed by atoms with Crippen molar-refractivity contribution in [2.45, 2.75) is 25.3 Å². The molecule has 2 saturated heterocycles. The molecule has 2 aliphatic rings. The quantitative estimate of drug-likeness (QED) is 0.286. The second-order valence-electron chi connectivity index (χ2n) is 11.5. The van der Waals surface area contributed by atoms with Gasteiger partial charge >= 0.3 is 0 Å². The normalized spacial score (nSPS) is 20.3. The van der Waals surface area contributed by atoms with E-state index in [9.17, 15) is 9.18 Å². The molecule has 1 amide bonds. The molecule has 2 atom stereocenters. The van der Waals surface area contributed by atoms with Gasteiger partial charge in [0, 0.05) is 38.3 Å². The number of carbonyl (C=O) groups excluding carboxylic acids is 1. The van der Waals surface area contributed by atoms with E-state index >= 15 is 0 Å². The molecule has 0 saturated carbocycles. The molecule has 4 aromatic rings. The highest BCUT2D eigenvalue weighted by Crippen LogP contribution is 2.32. The number of piperidine rings is 1. The third-order valence-electron chi connectivity index (χ3n) is 8.88. The molecule has 0 aliphatic carbocycles. The van der Waals surface area contributed by atoms with Crippen molar-refractivity contribution in [3.05, 3.63) is 120 Å². The molecule has 0 spiro atoms. The number of nitrogens with one attached hydrogen (secondary N) is 1. The summed E-state index contributed by atoms with van der Waals surface area (Å²) < 4.78 is 13.4. The van der Waals surface area contributed by atoms with Crippen LogP contribution in [-0.4, -0.2) is 55.0 Å². The second-order valence-corrected chi connectivity index (χ2v) is 11.5. The first-order chi connectivity index (χ1) is 19.6. The maximum Gasteiger partial charge on any atom is 0.254 e. The van der Waals surface area contributed by atoms with Crippen LogP contribution in [0.2, 0.25) is 0 Å². The van der Waals surface area contributed by atoms with Crippen LogP contribution in [0, 0.1) is 17.7 Å². The van der Waals surface area contributed by atoms with Gasteiger partial charge in [-0.05, 0) is 83.8 Å². The minimum atomic E-state index is -0.170. The van der Waals surface area contributed by atoms with E-state index in [4.69, 9.17) is 0 Å². The van der Waals surface area contributed by atoms with Gasteiger partial charge in [-0.2, -0.15) is 0 Å². The van der Waals surface area contributed by atoms with E-state index in [-0.39, 0.29) is 11.7 Å². The van der Waals surface area contributed by atoms with Gasteiger partial charge in [0.15, 0.2) is 0 Å². The van der Waals surface area contributed by atoms with Gasteiger partial charge in [-0.3, -0.25) is 4.79 Å². The highest BCUT2D eigenvalue weighted by Gasteiger charge is 2.37. The molecule has 4 aromatic carbocycles. The lowest BCUT2D eigenvalue weighted by atomic mass is 9.88. The van der Waals surface area contributed by atoms with Crippen LogP contribution < -0.4 is 5.32 Å². The fraction of sp³-hybridized carbons (Fsp3) is 0.343. The third kappa shape index (κ3) is 6.11. The van der Waals surface area contributed by atoms with Gasteiger partial charge < -0.3 is 15.1 Å². The molecule has 4 nitrogen and oxygen atoms in total. The van der Waals surface area contributed by atoms with E-state index in [1.165, 1.54) is 11.1 Å². The van der Waals surface area contributed by atoms with Crippen molar-refractivity contribution in [2.75, 3.05) is 39.3 Å². The van der Waals surface area contributed by atoms with Crippen molar-refractivity contribution in [2.24, 2.45) is 11.8 Å². The Labute approximate surface area is 236 Å². The molecule has 6 rings (SSSR count). The van der Waals surface area contributed by atoms with E-state index in [2.05, 4.69) is 57.6 Å². The molecule has 2 aliphatic heterocycles. The van der Waals surface area contributed by atoms with E-state index in [0.717, 1.165) is 75.0 Å². The molecule has 2 heterocycles. The van der Waals surface area contributed by atoms with Gasteiger partial charge in [0.25, 0.3) is 5.91 Å². The van der Waals surface area contributed by atoms with Gasteiger partial charge in [-0.1, -0.05) is 78.9 Å². The zero-order valence-electron chi connectivity index (χ0n) is 23.0. The van der Waals surface area contributed by atoms with E-state index in [0.29, 0.717) is 17.8 Å². The van der Waals surface area contributed by atoms with Crippen LogP contribution in [0.15, 0.2) is 97.1 Å². The molecule has 1 unspecified atom stereocenters. The van der Waals surface area contributed by atoms with E-state index in [1.54, 1.807) is 12.1 Å². The van der Waals surface area contributed by atoms with Crippen LogP contribution in [0.5, 0.6) is 0 Å². The Balaban J connectivity index is 1.13. The molecule has 0 radical (unpaired) electrons. The van der Waals surface area contributed by atoms with Crippen LogP contribution in [0.25, 0.3) is 10.8 Å². The lowest BCUT2D eigenvalue weighted by Crippen LogP contribution is -2.40. The average Bonchev–Trinajstić information content (AvgIpc) is 3.40. The topological polar surface area (TPSA) is 35.6 Å². The predicted octanol–water partition coefficient (Wildman–Crippen LogP) is 6.34. The SMILES string of the molecule is O=C(c1cccc2ccccc12)N1CC(CN2CCC(c3ccc(F)cc3)CC2)[C@H](CNCc2ccccc2)C1. The standard InChI is InChI=1S/C35H38FN3O/c36-32-15-13-27(14-16-32)28-17-19-38(20-18-28)23-31-25-39(24-30(31)22-37-21-26-7-2-1-3-8-26)35(40)34-12-6-10-29-9-4-5-11-33(29)34/h1-16,28,30-31,37H,17-25H2/t30-,31?/m1/s1. The number of rotatable bonds is 8. The predicted molar refractivity (Wildman–Crippen MR) is 160 cm³/mol. The Bertz CT molecular complexity index is 1410. The summed E-state index contributed by atoms with van der Waals surface area (Å²) in [5, 5.41) is 5.82. The molecular weight excluding hydrogens is 497 g/mol. The van der Waals surface area contributed by atoms with E-state index in [1.807, 2.05) is 42.5 Å². The minimum absolute atomic E-state index is 0.141. The summed E-state index contributed by atoms with van der Waals surface area (Å²) in [5.74, 6) is 1.29. The maximum atomic E-state index is 13.8. The lowest BCUT2D eigenvalue weighted by Gasteiger charge is -2.34. The minimum Gasteiger partial charge on any atom is -0.338 e. The molecule has 206 valence electrons. The second kappa shape index (κ2) is 12.3. The molecule has 0 aromatic heterocycles. The zero-order valence-corrected chi connectivity index (χ0v) is 23.0. The van der Waals surface area contributed by atoms with Gasteiger partial charge in [0.2, 0.25) is 0 Å². The van der Waals surface area contributed by atoms with Crippen LogP contribution in [-0.2, 0) is 6.54 Å². The molecule has 5 heteroatoms. The summed E-state index contributed by atoms with van der Waals surface area (Å²) in [6.45, 7) is 6.39. The van der Waals surface area contributed by atoms with Crippen LogP contribution in [0.1, 0.15) is 40.2 Å². The van der Waals surface area contributed by atoms with Crippen molar-refractivity contribution in [1.29, 1.82) is 0 Å². The number of amides is 1. The largest absolute Gasteiger partial charge is 0.338 e. The number of hydrogen-bond donors (Lipinski definition) is 1. The van der Waals surface area contributed by atoms with Crippen molar-refractivity contribution in [1.82, 2.24) is 15.1 Å². The first-order valence-corrected chi connectivity index (χ1v) is 14.6. The fourth-order valence-electron chi connectivity index (χ4n) is 6.64. The first-order valence-electron chi connectivity index (χ1n) is 14.6. The van der Waals surface area contributed by atoms with E-state index < -0.39 is 0 Å². The van der Waals surface area contributed by atoms with Crippen LogP contribution >= 0.6 is 0 Å². The monoisotopic (exact) mass is 535 g/mol. The van der Waals surface area contributed by atoms with Gasteiger partial charge in [-0.15, -0.1) is 0 Å². The third-order valence-corrected chi connectivity index (χ3v) is 8.88. The Kier molecular flexibility index (Phi) is 8.22. The highest BCUT2D eigenvalue weighted by molar-refractivity contribution is 6.07. The molecular formula is C35H38FN3O. The Morgan fingerprint density at radius 2 is 1.50 bits per heavy atom. The smallest absolute Gasteiger partial charge is 0.254 e. The molecule has 0 bridgehead atoms. The average molecular weight is 536 g/mol. The summed E-state index contributed by atoms with van der Waals surface area (Å²) in [6.07, 6.45) is 2.18. The summed E-state index contributed by atoms with van der Waals surface area (Å²) >= 11 is 0. The molecule has 40 heavy (non-hydrogen) atoms. The van der Waals surface area contributed by atoms with Gasteiger partial charge in [0.1, 0.15) is 5.82 Å². The van der Waals surface area contributed by atoms with Crippen molar-refractivity contribution in [3.8, 4) is 0 Å². The number of halogens is 1. The molecule has 1 N–H and O–H groups in total. The number of likely N-dealkylation sites (tertiary alicyclic amines) is 2. The maximum absolute atomic E-state index is 13.8. The molecule has 2 fully saturated rings. The summed E-state index contributed by atoms with van der Waals surface area (Å²) in [4.78, 5) is 18.5. The Morgan fingerprint density at radius 1 is 0.800 bits per heavy atom. The van der Waals surface area contributed by atoms with Crippen LogP contribution in [0.4, 0.5) is 4.39 Å². The van der Waals surface area contributed by atoms with Crippen molar-refractivity contribution in [3.63, 3.8) is 0 Å². The highest BCUT2D eigenvalue weighted by atomic mass is 19.1. The zero-order chi connectivity index (χ0) is 27.3. The van der Waals surface area contributed by atoms with Gasteiger partial charge in [-0.25, -0.2) is 4.39 Å². The summed E-state index contributed by atoms with van der Waals surface area (Å²) in [6, 6.07) is 31.8. The summed E-state index contributed by atoms with van der Waals surface area (Å²) in [7, 11) is 0. The van der Waals surface area contributed by atoms with Crippen LogP contribution in [0.3, 0.4) is 0 Å². The van der Waals surface area contributed by atoms with Crippen molar-refractivity contribution < 1.29 is 9.18 Å². The number of benzene rings is 4. The Hall–Kier alpha value is -3.54. The van der Waals surface area contributed by atoms with Gasteiger partial charge in [0.05, 0.1) is 0 Å².